The predicted octanol–water partition coefficient (Wildman–Crippen LogP) is 4.80. The largest absolute Gasteiger partial charge is 0.460 e. The molecule has 11 heteroatoms. The number of para-hydroxylation sites is 1. The minimum Gasteiger partial charge on any atom is -0.460 e. The molecule has 11 nitrogen and oxygen atoms in total. The van der Waals surface area contributed by atoms with Crippen molar-refractivity contribution in [3.8, 4) is 12.0 Å². The molecular formula is C27H41N7O4. The van der Waals surface area contributed by atoms with Crippen LogP contribution in [0.1, 0.15) is 81.1 Å². The van der Waals surface area contributed by atoms with Crippen LogP contribution in [0.4, 0.5) is 11.6 Å². The van der Waals surface area contributed by atoms with Crippen molar-refractivity contribution in [1.29, 1.82) is 0 Å². The van der Waals surface area contributed by atoms with Crippen molar-refractivity contribution in [2.75, 3.05) is 10.9 Å². The summed E-state index contributed by atoms with van der Waals surface area (Å²) in [7, 11) is 0. The first-order valence-corrected chi connectivity index (χ1v) is 13.2. The topological polar surface area (TPSA) is 127 Å². The summed E-state index contributed by atoms with van der Waals surface area (Å²) in [6.45, 7) is 15.3. The Labute approximate surface area is 225 Å². The second-order valence-electron chi connectivity index (χ2n) is 13.0. The number of benzene rings is 1. The van der Waals surface area contributed by atoms with Gasteiger partial charge in [0, 0.05) is 47.8 Å². The van der Waals surface area contributed by atoms with Gasteiger partial charge in [-0.15, -0.1) is 25.5 Å². The number of aromatic nitrogens is 3. The summed E-state index contributed by atoms with van der Waals surface area (Å²) in [5.74, 6) is 0.230. The number of hydrogen-bond donors (Lipinski definition) is 2. The summed E-state index contributed by atoms with van der Waals surface area (Å²) >= 11 is 0. The Morgan fingerprint density at radius 1 is 0.658 bits per heavy atom. The van der Waals surface area contributed by atoms with E-state index in [-0.39, 0.29) is 30.2 Å². The van der Waals surface area contributed by atoms with Crippen LogP contribution in [0, 0.1) is 0 Å². The maximum absolute atomic E-state index is 12.8. The number of hydrogen-bond acceptors (Lipinski definition) is 9. The molecule has 1 aromatic carbocycles. The Balaban J connectivity index is 1.58. The monoisotopic (exact) mass is 527 g/mol. The van der Waals surface area contributed by atoms with Crippen LogP contribution in [-0.4, -0.2) is 59.4 Å². The lowest BCUT2D eigenvalue weighted by Crippen LogP contribution is -2.60. The zero-order valence-electron chi connectivity index (χ0n) is 23.7. The number of nitrogens with one attached hydrogen (secondary N) is 2. The van der Waals surface area contributed by atoms with Crippen LogP contribution >= 0.6 is 0 Å². The molecule has 0 bridgehead atoms. The lowest BCUT2D eigenvalue weighted by atomic mass is 9.80. The van der Waals surface area contributed by atoms with E-state index in [1.807, 2.05) is 85.7 Å². The van der Waals surface area contributed by atoms with Crippen molar-refractivity contribution in [3.05, 3.63) is 30.3 Å². The van der Waals surface area contributed by atoms with E-state index in [9.17, 15) is 10.4 Å². The van der Waals surface area contributed by atoms with Crippen molar-refractivity contribution in [1.82, 2.24) is 25.1 Å². The van der Waals surface area contributed by atoms with Gasteiger partial charge in [0.25, 0.3) is 5.95 Å². The van der Waals surface area contributed by atoms with Crippen molar-refractivity contribution >= 4 is 11.6 Å². The van der Waals surface area contributed by atoms with Gasteiger partial charge in [-0.2, -0.15) is 9.97 Å². The molecule has 38 heavy (non-hydrogen) atoms. The van der Waals surface area contributed by atoms with E-state index in [2.05, 4.69) is 25.8 Å². The van der Waals surface area contributed by atoms with Crippen LogP contribution in [-0.2, 0) is 10.4 Å². The highest BCUT2D eigenvalue weighted by Gasteiger charge is 2.48. The van der Waals surface area contributed by atoms with Gasteiger partial charge in [-0.3, -0.25) is 10.9 Å². The molecule has 0 atom stereocenters. The van der Waals surface area contributed by atoms with Crippen LogP contribution in [0.25, 0.3) is 0 Å². The van der Waals surface area contributed by atoms with Gasteiger partial charge in [0.1, 0.15) is 12.2 Å². The first-order valence-electron chi connectivity index (χ1n) is 13.2. The second-order valence-corrected chi connectivity index (χ2v) is 13.0. The molecule has 3 heterocycles. The number of piperidine rings is 2. The first-order chi connectivity index (χ1) is 17.6. The SMILES string of the molecule is CC1(C)CC(Oc2nc(NNc3ccccc3)nc(OC3CC(C)(C)N([O])C(C)(C)C3)n2)CC(C)(C)N1[O]. The highest BCUT2D eigenvalue weighted by atomic mass is 16.5. The van der Waals surface area contributed by atoms with Crippen molar-refractivity contribution < 1.29 is 19.9 Å². The van der Waals surface area contributed by atoms with Crippen LogP contribution < -0.4 is 20.3 Å². The molecule has 0 unspecified atom stereocenters. The summed E-state index contributed by atoms with van der Waals surface area (Å²) < 4.78 is 12.5. The third-order valence-electron chi connectivity index (χ3n) is 7.34. The van der Waals surface area contributed by atoms with E-state index in [4.69, 9.17) is 9.47 Å². The van der Waals surface area contributed by atoms with E-state index < -0.39 is 22.2 Å². The van der Waals surface area contributed by atoms with E-state index in [1.54, 1.807) is 0 Å². The minimum atomic E-state index is -0.599. The molecular weight excluding hydrogens is 486 g/mol. The van der Waals surface area contributed by atoms with Gasteiger partial charge in [0.05, 0.1) is 5.69 Å². The molecule has 4 rings (SSSR count). The van der Waals surface area contributed by atoms with E-state index in [0.29, 0.717) is 25.7 Å². The molecule has 2 aliphatic rings. The lowest BCUT2D eigenvalue weighted by molar-refractivity contribution is -0.297. The van der Waals surface area contributed by atoms with Crippen molar-refractivity contribution in [3.63, 3.8) is 0 Å². The Bertz CT molecular complexity index is 1010. The van der Waals surface area contributed by atoms with E-state index >= 15 is 0 Å². The molecule has 2 radical (unpaired) electrons. The van der Waals surface area contributed by atoms with Gasteiger partial charge in [-0.05, 0) is 67.5 Å². The Morgan fingerprint density at radius 2 is 1.05 bits per heavy atom. The summed E-state index contributed by atoms with van der Waals surface area (Å²) in [5.41, 5.74) is 4.52. The average molecular weight is 528 g/mol. The maximum Gasteiger partial charge on any atom is 0.324 e. The number of hydroxylamine groups is 4. The number of hydrazine groups is 1. The molecule has 0 amide bonds. The van der Waals surface area contributed by atoms with Gasteiger partial charge in [0.15, 0.2) is 0 Å². The summed E-state index contributed by atoms with van der Waals surface area (Å²) in [6.07, 6.45) is 1.57. The minimum absolute atomic E-state index is 0.114. The molecule has 0 aliphatic carbocycles. The average Bonchev–Trinajstić information content (AvgIpc) is 2.79. The third kappa shape index (κ3) is 6.28. The summed E-state index contributed by atoms with van der Waals surface area (Å²) in [6, 6.07) is 9.80. The molecule has 2 aromatic rings. The summed E-state index contributed by atoms with van der Waals surface area (Å²) in [5, 5.41) is 27.9. The fourth-order valence-corrected chi connectivity index (χ4v) is 5.96. The Kier molecular flexibility index (Phi) is 7.52. The van der Waals surface area contributed by atoms with Gasteiger partial charge in [0.2, 0.25) is 0 Å². The molecule has 2 N–H and O–H groups in total. The first kappa shape index (κ1) is 28.3. The molecule has 0 spiro atoms. The number of nitrogens with zero attached hydrogens (tertiary/aromatic N) is 5. The highest BCUT2D eigenvalue weighted by molar-refractivity contribution is 5.47. The van der Waals surface area contributed by atoms with Gasteiger partial charge in [-0.25, -0.2) is 0 Å². The number of anilines is 2. The molecule has 1 aromatic heterocycles. The standard InChI is InChI=1S/C27H41N7O4/c1-24(2)14-19(15-25(3,4)33(24)35)37-22-28-21(32-31-18-12-10-9-11-13-18)29-23(30-22)38-20-16-26(5,6)34(36)27(7,8)17-20/h9-13,19-20,31H,14-17H2,1-8H3,(H,28,29,30,32). The fraction of sp³-hybridized carbons (Fsp3) is 0.667. The maximum atomic E-state index is 12.8. The summed E-state index contributed by atoms with van der Waals surface area (Å²) in [4.78, 5) is 13.4. The Morgan fingerprint density at radius 3 is 1.45 bits per heavy atom. The highest BCUT2D eigenvalue weighted by Crippen LogP contribution is 2.40. The van der Waals surface area contributed by atoms with Crippen LogP contribution in [0.2, 0.25) is 0 Å². The van der Waals surface area contributed by atoms with Gasteiger partial charge in [-0.1, -0.05) is 18.2 Å². The lowest BCUT2D eigenvalue weighted by Gasteiger charge is -2.49. The van der Waals surface area contributed by atoms with Crippen molar-refractivity contribution in [2.45, 2.75) is 115 Å². The van der Waals surface area contributed by atoms with Crippen LogP contribution in [0.3, 0.4) is 0 Å². The zero-order valence-corrected chi connectivity index (χ0v) is 23.7. The molecule has 2 fully saturated rings. The third-order valence-corrected chi connectivity index (χ3v) is 7.34. The van der Waals surface area contributed by atoms with Gasteiger partial charge >= 0.3 is 12.0 Å². The van der Waals surface area contributed by atoms with Crippen LogP contribution in [0.15, 0.2) is 30.3 Å². The fourth-order valence-electron chi connectivity index (χ4n) is 5.96. The van der Waals surface area contributed by atoms with Gasteiger partial charge < -0.3 is 9.47 Å². The molecule has 2 aliphatic heterocycles. The molecule has 2 saturated heterocycles. The number of rotatable bonds is 7. The Hall–Kier alpha value is -2.73. The molecule has 208 valence electrons. The normalized spacial score (nSPS) is 23.5. The quantitative estimate of drug-likeness (QED) is 0.488. The zero-order chi connectivity index (χ0) is 27.9. The van der Waals surface area contributed by atoms with Crippen LogP contribution in [0.5, 0.6) is 12.0 Å². The second kappa shape index (κ2) is 10.1. The smallest absolute Gasteiger partial charge is 0.324 e. The van der Waals surface area contributed by atoms with Crippen molar-refractivity contribution in [2.24, 2.45) is 0 Å². The number of ether oxygens (including phenoxy) is 2. The predicted molar refractivity (Wildman–Crippen MR) is 142 cm³/mol. The molecule has 0 saturated carbocycles. The van der Waals surface area contributed by atoms with E-state index in [1.165, 1.54) is 0 Å². The van der Waals surface area contributed by atoms with E-state index in [0.717, 1.165) is 15.8 Å².